The SMILES string of the molecule is CCC1CCC(O)C(CN2CCC(CN(C)C)CC2)C1. The summed E-state index contributed by atoms with van der Waals surface area (Å²) in [6, 6.07) is 0. The van der Waals surface area contributed by atoms with Crippen LogP contribution in [0.5, 0.6) is 0 Å². The summed E-state index contributed by atoms with van der Waals surface area (Å²) in [5.74, 6) is 2.26. The van der Waals surface area contributed by atoms with E-state index in [0.717, 1.165) is 24.8 Å². The maximum Gasteiger partial charge on any atom is 0.0580 e. The van der Waals surface area contributed by atoms with Crippen LogP contribution in [0.3, 0.4) is 0 Å². The summed E-state index contributed by atoms with van der Waals surface area (Å²) in [6.07, 6.45) is 7.41. The van der Waals surface area contributed by atoms with E-state index in [1.54, 1.807) is 0 Å². The molecule has 3 nitrogen and oxygen atoms in total. The lowest BCUT2D eigenvalue weighted by atomic mass is 9.78. The maximum absolute atomic E-state index is 10.3. The average Bonchev–Trinajstić information content (AvgIpc) is 2.43. The van der Waals surface area contributed by atoms with Crippen LogP contribution in [-0.2, 0) is 0 Å². The van der Waals surface area contributed by atoms with Crippen molar-refractivity contribution in [3.05, 3.63) is 0 Å². The third-order valence-corrected chi connectivity index (χ3v) is 5.45. The fourth-order valence-corrected chi connectivity index (χ4v) is 4.11. The van der Waals surface area contributed by atoms with Crippen molar-refractivity contribution in [2.45, 2.75) is 51.6 Å². The Morgan fingerprint density at radius 1 is 1.05 bits per heavy atom. The molecule has 3 atom stereocenters. The number of aliphatic hydroxyl groups excluding tert-OH is 1. The van der Waals surface area contributed by atoms with E-state index in [9.17, 15) is 5.11 Å². The van der Waals surface area contributed by atoms with Gasteiger partial charge in [-0.3, -0.25) is 0 Å². The van der Waals surface area contributed by atoms with Crippen molar-refractivity contribution < 1.29 is 5.11 Å². The summed E-state index contributed by atoms with van der Waals surface area (Å²) in [7, 11) is 4.35. The lowest BCUT2D eigenvalue weighted by Gasteiger charge is -2.39. The monoisotopic (exact) mass is 282 g/mol. The molecule has 0 aromatic heterocycles. The lowest BCUT2D eigenvalue weighted by molar-refractivity contribution is 0.0194. The summed E-state index contributed by atoms with van der Waals surface area (Å²) in [6.45, 7) is 7.13. The first-order chi connectivity index (χ1) is 9.58. The Labute approximate surface area is 125 Å². The highest BCUT2D eigenvalue weighted by molar-refractivity contribution is 4.83. The first kappa shape index (κ1) is 16.3. The van der Waals surface area contributed by atoms with Crippen LogP contribution in [0.2, 0.25) is 0 Å². The Balaban J connectivity index is 1.74. The molecule has 118 valence electrons. The second-order valence-electron chi connectivity index (χ2n) is 7.42. The van der Waals surface area contributed by atoms with Crippen LogP contribution in [0.1, 0.15) is 45.4 Å². The summed E-state index contributed by atoms with van der Waals surface area (Å²) in [4.78, 5) is 4.93. The van der Waals surface area contributed by atoms with Gasteiger partial charge in [0.15, 0.2) is 0 Å². The Morgan fingerprint density at radius 2 is 1.75 bits per heavy atom. The van der Waals surface area contributed by atoms with Crippen molar-refractivity contribution in [1.82, 2.24) is 9.80 Å². The zero-order chi connectivity index (χ0) is 14.5. The highest BCUT2D eigenvalue weighted by Crippen LogP contribution is 2.32. The summed E-state index contributed by atoms with van der Waals surface area (Å²) in [5.41, 5.74) is 0. The molecule has 1 heterocycles. The molecular weight excluding hydrogens is 248 g/mol. The lowest BCUT2D eigenvalue weighted by Crippen LogP contribution is -2.43. The molecule has 2 rings (SSSR count). The van der Waals surface area contributed by atoms with Crippen LogP contribution in [-0.4, -0.2) is 61.3 Å². The van der Waals surface area contributed by atoms with E-state index in [-0.39, 0.29) is 6.10 Å². The highest BCUT2D eigenvalue weighted by Gasteiger charge is 2.30. The Morgan fingerprint density at radius 3 is 2.35 bits per heavy atom. The molecular formula is C17H34N2O. The van der Waals surface area contributed by atoms with Crippen LogP contribution < -0.4 is 0 Å². The summed E-state index contributed by atoms with van der Waals surface area (Å²) in [5, 5.41) is 10.3. The minimum Gasteiger partial charge on any atom is -0.393 e. The van der Waals surface area contributed by atoms with Crippen LogP contribution >= 0.6 is 0 Å². The molecule has 1 N–H and O–H groups in total. The van der Waals surface area contributed by atoms with Crippen LogP contribution in [0.4, 0.5) is 0 Å². The number of rotatable bonds is 5. The van der Waals surface area contributed by atoms with Crippen molar-refractivity contribution in [2.75, 3.05) is 40.3 Å². The number of nitrogens with zero attached hydrogens (tertiary/aromatic N) is 2. The number of hydrogen-bond donors (Lipinski definition) is 1. The maximum atomic E-state index is 10.3. The van der Waals surface area contributed by atoms with Crippen molar-refractivity contribution in [2.24, 2.45) is 17.8 Å². The number of piperidine rings is 1. The van der Waals surface area contributed by atoms with Gasteiger partial charge in [0, 0.05) is 13.1 Å². The second-order valence-corrected chi connectivity index (χ2v) is 7.42. The molecule has 1 saturated heterocycles. The first-order valence-electron chi connectivity index (χ1n) is 8.63. The van der Waals surface area contributed by atoms with Gasteiger partial charge in [-0.05, 0) is 77.0 Å². The third-order valence-electron chi connectivity index (χ3n) is 5.45. The molecule has 3 heteroatoms. The largest absolute Gasteiger partial charge is 0.393 e. The molecule has 0 radical (unpaired) electrons. The Bertz CT molecular complexity index is 274. The van der Waals surface area contributed by atoms with Crippen molar-refractivity contribution >= 4 is 0 Å². The molecule has 0 aromatic rings. The zero-order valence-electron chi connectivity index (χ0n) is 13.7. The molecule has 1 saturated carbocycles. The topological polar surface area (TPSA) is 26.7 Å². The van der Waals surface area contributed by atoms with Gasteiger partial charge in [-0.25, -0.2) is 0 Å². The molecule has 20 heavy (non-hydrogen) atoms. The number of hydrogen-bond acceptors (Lipinski definition) is 3. The molecule has 1 aliphatic carbocycles. The van der Waals surface area contributed by atoms with E-state index < -0.39 is 0 Å². The van der Waals surface area contributed by atoms with E-state index in [1.807, 2.05) is 0 Å². The molecule has 2 aliphatic rings. The molecule has 3 unspecified atom stereocenters. The second kappa shape index (κ2) is 7.77. The number of likely N-dealkylation sites (tertiary alicyclic amines) is 1. The van der Waals surface area contributed by atoms with Gasteiger partial charge >= 0.3 is 0 Å². The predicted molar refractivity (Wildman–Crippen MR) is 84.8 cm³/mol. The van der Waals surface area contributed by atoms with E-state index >= 15 is 0 Å². The van der Waals surface area contributed by atoms with Crippen molar-refractivity contribution in [3.63, 3.8) is 0 Å². The minimum absolute atomic E-state index is 0.0442. The van der Waals surface area contributed by atoms with E-state index in [0.29, 0.717) is 5.92 Å². The standard InChI is InChI=1S/C17H34N2O/c1-4-14-5-6-17(20)16(11-14)13-19-9-7-15(8-10-19)12-18(2)3/h14-17,20H,4-13H2,1-3H3. The quantitative estimate of drug-likeness (QED) is 0.839. The van der Waals surface area contributed by atoms with Gasteiger partial charge in [0.1, 0.15) is 0 Å². The van der Waals surface area contributed by atoms with Gasteiger partial charge in [0.2, 0.25) is 0 Å². The molecule has 0 amide bonds. The predicted octanol–water partition coefficient (Wildman–Crippen LogP) is 2.45. The van der Waals surface area contributed by atoms with E-state index in [4.69, 9.17) is 0 Å². The average molecular weight is 282 g/mol. The third kappa shape index (κ3) is 4.71. The molecule has 1 aliphatic heterocycles. The van der Waals surface area contributed by atoms with Gasteiger partial charge in [-0.2, -0.15) is 0 Å². The minimum atomic E-state index is -0.0442. The summed E-state index contributed by atoms with van der Waals surface area (Å²) >= 11 is 0. The molecule has 2 fully saturated rings. The van der Waals surface area contributed by atoms with Gasteiger partial charge in [-0.1, -0.05) is 13.3 Å². The van der Waals surface area contributed by atoms with Crippen LogP contribution in [0, 0.1) is 17.8 Å². The zero-order valence-corrected chi connectivity index (χ0v) is 13.7. The molecule has 0 aromatic carbocycles. The highest BCUT2D eigenvalue weighted by atomic mass is 16.3. The smallest absolute Gasteiger partial charge is 0.0580 e. The molecule has 0 bridgehead atoms. The normalized spacial score (nSPS) is 33.8. The first-order valence-corrected chi connectivity index (χ1v) is 8.63. The van der Waals surface area contributed by atoms with Crippen molar-refractivity contribution in [3.8, 4) is 0 Å². The van der Waals surface area contributed by atoms with Crippen LogP contribution in [0.25, 0.3) is 0 Å². The Kier molecular flexibility index (Phi) is 6.31. The molecule has 0 spiro atoms. The van der Waals surface area contributed by atoms with Gasteiger partial charge < -0.3 is 14.9 Å². The summed E-state index contributed by atoms with van der Waals surface area (Å²) < 4.78 is 0. The Hall–Kier alpha value is -0.120. The van der Waals surface area contributed by atoms with E-state index in [1.165, 1.54) is 51.7 Å². The van der Waals surface area contributed by atoms with Gasteiger partial charge in [0.05, 0.1) is 6.10 Å². The van der Waals surface area contributed by atoms with Crippen LogP contribution in [0.15, 0.2) is 0 Å². The fourth-order valence-electron chi connectivity index (χ4n) is 4.11. The number of aliphatic hydroxyl groups is 1. The van der Waals surface area contributed by atoms with Crippen molar-refractivity contribution in [1.29, 1.82) is 0 Å². The van der Waals surface area contributed by atoms with Gasteiger partial charge in [-0.15, -0.1) is 0 Å². The van der Waals surface area contributed by atoms with Gasteiger partial charge in [0.25, 0.3) is 0 Å². The van der Waals surface area contributed by atoms with E-state index in [2.05, 4.69) is 30.8 Å². The fraction of sp³-hybridized carbons (Fsp3) is 1.00.